The monoisotopic (exact) mass is 239 g/mol. The van der Waals surface area contributed by atoms with E-state index in [1.807, 2.05) is 0 Å². The van der Waals surface area contributed by atoms with Gasteiger partial charge in [0.05, 0.1) is 6.10 Å². The lowest BCUT2D eigenvalue weighted by atomic mass is 9.68. The fraction of sp³-hybridized carbons (Fsp3) is 1.00. The maximum Gasteiger partial charge on any atom is 0.0576 e. The molecule has 0 spiro atoms. The van der Waals surface area contributed by atoms with Crippen LogP contribution < -0.4 is 5.73 Å². The summed E-state index contributed by atoms with van der Waals surface area (Å²) in [7, 11) is 0. The molecular weight excluding hydrogens is 210 g/mol. The van der Waals surface area contributed by atoms with E-state index in [1.54, 1.807) is 0 Å². The highest BCUT2D eigenvalue weighted by Gasteiger charge is 2.34. The normalized spacial score (nSPS) is 31.6. The van der Waals surface area contributed by atoms with E-state index in [-0.39, 0.29) is 5.54 Å². The van der Waals surface area contributed by atoms with Gasteiger partial charge < -0.3 is 10.5 Å². The van der Waals surface area contributed by atoms with Gasteiger partial charge in [-0.1, -0.05) is 13.8 Å². The Hall–Kier alpha value is -0.0800. The van der Waals surface area contributed by atoms with Crippen LogP contribution in [0, 0.1) is 5.41 Å². The predicted molar refractivity (Wildman–Crippen MR) is 72.0 cm³/mol. The molecule has 1 unspecified atom stereocenters. The number of ether oxygens (including phenoxy) is 1. The summed E-state index contributed by atoms with van der Waals surface area (Å²) in [6, 6.07) is 0. The lowest BCUT2D eigenvalue weighted by Crippen LogP contribution is -2.45. The molecule has 2 nitrogen and oxygen atoms in total. The van der Waals surface area contributed by atoms with Crippen LogP contribution in [-0.4, -0.2) is 18.2 Å². The van der Waals surface area contributed by atoms with Gasteiger partial charge in [0, 0.05) is 12.1 Å². The van der Waals surface area contributed by atoms with Crippen molar-refractivity contribution in [2.24, 2.45) is 11.1 Å². The molecule has 1 aliphatic heterocycles. The molecule has 1 atom stereocenters. The van der Waals surface area contributed by atoms with Gasteiger partial charge >= 0.3 is 0 Å². The third-order valence-electron chi connectivity index (χ3n) is 4.82. The van der Waals surface area contributed by atoms with Gasteiger partial charge in [-0.05, 0) is 63.2 Å². The molecule has 0 radical (unpaired) electrons. The molecule has 0 aromatic heterocycles. The molecule has 2 aliphatic rings. The van der Waals surface area contributed by atoms with Gasteiger partial charge in [-0.15, -0.1) is 0 Å². The second-order valence-corrected chi connectivity index (χ2v) is 7.05. The number of nitrogens with two attached hydrogens (primary N) is 1. The first-order chi connectivity index (χ1) is 7.99. The van der Waals surface area contributed by atoms with Crippen LogP contribution in [0.5, 0.6) is 0 Å². The van der Waals surface area contributed by atoms with Crippen LogP contribution in [0.15, 0.2) is 0 Å². The summed E-state index contributed by atoms with van der Waals surface area (Å²) in [5.74, 6) is 0. The molecule has 2 heteroatoms. The Kier molecular flexibility index (Phi) is 4.14. The second kappa shape index (κ2) is 5.27. The molecule has 0 aromatic rings. The number of rotatable bonds is 4. The van der Waals surface area contributed by atoms with E-state index in [9.17, 15) is 0 Å². The van der Waals surface area contributed by atoms with E-state index in [4.69, 9.17) is 10.5 Å². The third-order valence-corrected chi connectivity index (χ3v) is 4.82. The van der Waals surface area contributed by atoms with Crippen molar-refractivity contribution in [2.45, 2.75) is 83.3 Å². The fourth-order valence-electron chi connectivity index (χ4n) is 3.23. The largest absolute Gasteiger partial charge is 0.378 e. The van der Waals surface area contributed by atoms with Crippen LogP contribution in [-0.2, 0) is 4.74 Å². The molecule has 0 bridgehead atoms. The number of hydrogen-bond donors (Lipinski definition) is 1. The Bertz CT molecular complexity index is 233. The summed E-state index contributed by atoms with van der Waals surface area (Å²) in [6.45, 7) is 5.73. The molecule has 17 heavy (non-hydrogen) atoms. The summed E-state index contributed by atoms with van der Waals surface area (Å²) in [6.07, 6.45) is 11.8. The van der Waals surface area contributed by atoms with E-state index in [0.29, 0.717) is 11.5 Å². The summed E-state index contributed by atoms with van der Waals surface area (Å²) in [5, 5.41) is 0. The van der Waals surface area contributed by atoms with Gasteiger partial charge in [0.1, 0.15) is 0 Å². The highest BCUT2D eigenvalue weighted by atomic mass is 16.5. The fourth-order valence-corrected chi connectivity index (χ4v) is 3.23. The highest BCUT2D eigenvalue weighted by Crippen LogP contribution is 2.41. The Balaban J connectivity index is 1.67. The lowest BCUT2D eigenvalue weighted by molar-refractivity contribution is 0.0957. The van der Waals surface area contributed by atoms with Crippen molar-refractivity contribution >= 4 is 0 Å². The Morgan fingerprint density at radius 2 is 1.88 bits per heavy atom. The van der Waals surface area contributed by atoms with Crippen LogP contribution in [0.4, 0.5) is 0 Å². The predicted octanol–water partition coefficient (Wildman–Crippen LogP) is 3.63. The van der Waals surface area contributed by atoms with Crippen molar-refractivity contribution in [1.29, 1.82) is 0 Å². The van der Waals surface area contributed by atoms with Crippen LogP contribution in [0.1, 0.15) is 71.6 Å². The van der Waals surface area contributed by atoms with Crippen molar-refractivity contribution < 1.29 is 4.74 Å². The van der Waals surface area contributed by atoms with Crippen LogP contribution in [0.2, 0.25) is 0 Å². The molecule has 1 saturated carbocycles. The smallest absolute Gasteiger partial charge is 0.0576 e. The van der Waals surface area contributed by atoms with E-state index in [2.05, 4.69) is 13.8 Å². The molecule has 100 valence electrons. The molecule has 1 aliphatic carbocycles. The SMILES string of the molecule is CC1(C)CCC(N)(CCCC2CCCO2)CC1. The van der Waals surface area contributed by atoms with Gasteiger partial charge in [0.2, 0.25) is 0 Å². The van der Waals surface area contributed by atoms with Crippen LogP contribution >= 0.6 is 0 Å². The number of hydrogen-bond acceptors (Lipinski definition) is 2. The van der Waals surface area contributed by atoms with Crippen LogP contribution in [0.25, 0.3) is 0 Å². The van der Waals surface area contributed by atoms with Gasteiger partial charge in [-0.2, -0.15) is 0 Å². The van der Waals surface area contributed by atoms with E-state index >= 15 is 0 Å². The maximum atomic E-state index is 6.52. The maximum absolute atomic E-state index is 6.52. The van der Waals surface area contributed by atoms with Crippen molar-refractivity contribution in [2.75, 3.05) is 6.61 Å². The van der Waals surface area contributed by atoms with Gasteiger partial charge in [-0.25, -0.2) is 0 Å². The van der Waals surface area contributed by atoms with Gasteiger partial charge in [0.25, 0.3) is 0 Å². The standard InChI is InChI=1S/C15H29NO/c1-14(2)8-10-15(16,11-9-14)7-3-5-13-6-4-12-17-13/h13H,3-12,16H2,1-2H3. The average molecular weight is 239 g/mol. The zero-order valence-corrected chi connectivity index (χ0v) is 11.6. The minimum absolute atomic E-state index is 0.133. The van der Waals surface area contributed by atoms with Crippen molar-refractivity contribution in [3.05, 3.63) is 0 Å². The average Bonchev–Trinajstić information content (AvgIpc) is 2.77. The molecule has 1 heterocycles. The molecule has 0 aromatic carbocycles. The zero-order valence-electron chi connectivity index (χ0n) is 11.6. The Morgan fingerprint density at radius 1 is 1.18 bits per heavy atom. The molecular formula is C15H29NO. The van der Waals surface area contributed by atoms with Crippen molar-refractivity contribution in [3.63, 3.8) is 0 Å². The first-order valence-electron chi connectivity index (χ1n) is 7.40. The van der Waals surface area contributed by atoms with Crippen molar-refractivity contribution in [3.8, 4) is 0 Å². The molecule has 2 fully saturated rings. The summed E-state index contributed by atoms with van der Waals surface area (Å²) in [5.41, 5.74) is 7.18. The lowest BCUT2D eigenvalue weighted by Gasteiger charge is -2.41. The quantitative estimate of drug-likeness (QED) is 0.813. The van der Waals surface area contributed by atoms with E-state index in [1.165, 1.54) is 57.8 Å². The molecule has 2 N–H and O–H groups in total. The third kappa shape index (κ3) is 3.96. The second-order valence-electron chi connectivity index (χ2n) is 7.05. The van der Waals surface area contributed by atoms with Gasteiger partial charge in [0.15, 0.2) is 0 Å². The summed E-state index contributed by atoms with van der Waals surface area (Å²) in [4.78, 5) is 0. The Labute approximate surface area is 106 Å². The highest BCUT2D eigenvalue weighted by molar-refractivity contribution is 4.92. The minimum atomic E-state index is 0.133. The summed E-state index contributed by atoms with van der Waals surface area (Å²) >= 11 is 0. The summed E-state index contributed by atoms with van der Waals surface area (Å²) < 4.78 is 5.67. The zero-order chi connectivity index (χ0) is 12.4. The van der Waals surface area contributed by atoms with Gasteiger partial charge in [-0.3, -0.25) is 0 Å². The van der Waals surface area contributed by atoms with E-state index < -0.39 is 0 Å². The molecule has 0 amide bonds. The van der Waals surface area contributed by atoms with E-state index in [0.717, 1.165) is 6.61 Å². The first kappa shape index (κ1) is 13.4. The minimum Gasteiger partial charge on any atom is -0.378 e. The molecule has 1 saturated heterocycles. The Morgan fingerprint density at radius 3 is 2.47 bits per heavy atom. The van der Waals surface area contributed by atoms with Crippen molar-refractivity contribution in [1.82, 2.24) is 0 Å². The topological polar surface area (TPSA) is 35.2 Å². The van der Waals surface area contributed by atoms with Crippen LogP contribution in [0.3, 0.4) is 0 Å². The first-order valence-corrected chi connectivity index (χ1v) is 7.40. The molecule has 2 rings (SSSR count).